The lowest BCUT2D eigenvalue weighted by Gasteiger charge is -2.30. The predicted molar refractivity (Wildman–Crippen MR) is 73.3 cm³/mol. The fourth-order valence-corrected chi connectivity index (χ4v) is 2.50. The molecule has 5 heteroatoms. The molecule has 0 aliphatic carbocycles. The SMILES string of the molecule is CC1CNCCC1NC(=O)CCc1cccc(F)c1F. The molecule has 1 aromatic rings. The van der Waals surface area contributed by atoms with Crippen LogP contribution >= 0.6 is 0 Å². The van der Waals surface area contributed by atoms with Gasteiger partial charge < -0.3 is 10.6 Å². The fourth-order valence-electron chi connectivity index (χ4n) is 2.50. The number of amides is 1. The van der Waals surface area contributed by atoms with Crippen LogP contribution in [0.2, 0.25) is 0 Å². The summed E-state index contributed by atoms with van der Waals surface area (Å²) in [4.78, 5) is 11.9. The first-order valence-electron chi connectivity index (χ1n) is 7.01. The Hall–Kier alpha value is -1.49. The lowest BCUT2D eigenvalue weighted by molar-refractivity contribution is -0.122. The normalized spacial score (nSPS) is 22.6. The molecule has 1 saturated heterocycles. The second kappa shape index (κ2) is 6.79. The van der Waals surface area contributed by atoms with Gasteiger partial charge in [0.2, 0.25) is 5.91 Å². The molecule has 2 unspecified atom stereocenters. The highest BCUT2D eigenvalue weighted by atomic mass is 19.2. The maximum Gasteiger partial charge on any atom is 0.220 e. The van der Waals surface area contributed by atoms with E-state index in [1.165, 1.54) is 12.1 Å². The van der Waals surface area contributed by atoms with Crippen molar-refractivity contribution in [3.8, 4) is 0 Å². The molecule has 1 aromatic carbocycles. The quantitative estimate of drug-likeness (QED) is 0.887. The molecule has 0 saturated carbocycles. The van der Waals surface area contributed by atoms with E-state index in [9.17, 15) is 13.6 Å². The summed E-state index contributed by atoms with van der Waals surface area (Å²) in [5.41, 5.74) is 0.249. The molecule has 0 spiro atoms. The van der Waals surface area contributed by atoms with Gasteiger partial charge in [0.1, 0.15) is 0 Å². The first-order chi connectivity index (χ1) is 9.58. The van der Waals surface area contributed by atoms with E-state index in [1.54, 1.807) is 0 Å². The Morgan fingerprint density at radius 1 is 1.45 bits per heavy atom. The summed E-state index contributed by atoms with van der Waals surface area (Å²) in [6.07, 6.45) is 1.30. The number of carbonyl (C=O) groups is 1. The molecule has 2 rings (SSSR count). The molecule has 0 bridgehead atoms. The Bertz CT molecular complexity index is 479. The van der Waals surface area contributed by atoms with E-state index in [2.05, 4.69) is 17.6 Å². The van der Waals surface area contributed by atoms with Crippen molar-refractivity contribution in [3.63, 3.8) is 0 Å². The summed E-state index contributed by atoms with van der Waals surface area (Å²) in [6, 6.07) is 4.22. The summed E-state index contributed by atoms with van der Waals surface area (Å²) in [6.45, 7) is 3.88. The Morgan fingerprint density at radius 2 is 2.25 bits per heavy atom. The van der Waals surface area contributed by atoms with Crippen LogP contribution in [0, 0.1) is 17.6 Å². The van der Waals surface area contributed by atoms with Crippen molar-refractivity contribution in [2.75, 3.05) is 13.1 Å². The predicted octanol–water partition coefficient (Wildman–Crippen LogP) is 2.01. The molecule has 1 fully saturated rings. The number of rotatable bonds is 4. The van der Waals surface area contributed by atoms with E-state index < -0.39 is 11.6 Å². The number of benzene rings is 1. The van der Waals surface area contributed by atoms with Gasteiger partial charge in [0.15, 0.2) is 11.6 Å². The highest BCUT2D eigenvalue weighted by molar-refractivity contribution is 5.76. The maximum absolute atomic E-state index is 13.5. The van der Waals surface area contributed by atoms with Crippen LogP contribution in [0.1, 0.15) is 25.3 Å². The van der Waals surface area contributed by atoms with Crippen LogP contribution in [0.3, 0.4) is 0 Å². The molecule has 1 heterocycles. The number of aryl methyl sites for hydroxylation is 1. The molecule has 3 nitrogen and oxygen atoms in total. The molecular formula is C15H20F2N2O. The molecule has 1 amide bonds. The minimum atomic E-state index is -0.866. The van der Waals surface area contributed by atoms with Crippen LogP contribution in [0.4, 0.5) is 8.78 Å². The molecule has 0 radical (unpaired) electrons. The molecule has 1 aliphatic heterocycles. The molecule has 2 N–H and O–H groups in total. The lowest BCUT2D eigenvalue weighted by Crippen LogP contribution is -2.48. The number of halogens is 2. The molecule has 110 valence electrons. The van der Waals surface area contributed by atoms with Gasteiger partial charge >= 0.3 is 0 Å². The van der Waals surface area contributed by atoms with E-state index in [0.717, 1.165) is 25.6 Å². The van der Waals surface area contributed by atoms with Crippen LogP contribution in [0.15, 0.2) is 18.2 Å². The van der Waals surface area contributed by atoms with Crippen molar-refractivity contribution in [3.05, 3.63) is 35.4 Å². The van der Waals surface area contributed by atoms with Crippen LogP contribution in [0.5, 0.6) is 0 Å². The topological polar surface area (TPSA) is 41.1 Å². The summed E-state index contributed by atoms with van der Waals surface area (Å²) in [5, 5.41) is 6.24. The average molecular weight is 282 g/mol. The number of hydrogen-bond donors (Lipinski definition) is 2. The third-order valence-electron chi connectivity index (χ3n) is 3.78. The van der Waals surface area contributed by atoms with Gasteiger partial charge in [-0.25, -0.2) is 8.78 Å². The molecular weight excluding hydrogens is 262 g/mol. The van der Waals surface area contributed by atoms with E-state index in [1.807, 2.05) is 0 Å². The smallest absolute Gasteiger partial charge is 0.220 e. The van der Waals surface area contributed by atoms with Crippen molar-refractivity contribution < 1.29 is 13.6 Å². The van der Waals surface area contributed by atoms with Crippen molar-refractivity contribution in [2.45, 2.75) is 32.2 Å². The summed E-state index contributed by atoms with van der Waals surface area (Å²) in [7, 11) is 0. The van der Waals surface area contributed by atoms with Crippen molar-refractivity contribution >= 4 is 5.91 Å². The van der Waals surface area contributed by atoms with E-state index in [4.69, 9.17) is 0 Å². The second-order valence-electron chi connectivity index (χ2n) is 5.36. The number of carbonyl (C=O) groups excluding carboxylic acids is 1. The van der Waals surface area contributed by atoms with Gasteiger partial charge in [-0.2, -0.15) is 0 Å². The van der Waals surface area contributed by atoms with Crippen LogP contribution in [-0.4, -0.2) is 25.0 Å². The van der Waals surface area contributed by atoms with Gasteiger partial charge in [-0.05, 0) is 43.5 Å². The van der Waals surface area contributed by atoms with Crippen LogP contribution in [-0.2, 0) is 11.2 Å². The highest BCUT2D eigenvalue weighted by Gasteiger charge is 2.22. The van der Waals surface area contributed by atoms with Gasteiger partial charge in [0.05, 0.1) is 0 Å². The third kappa shape index (κ3) is 3.76. The Kier molecular flexibility index (Phi) is 5.06. The van der Waals surface area contributed by atoms with E-state index in [0.29, 0.717) is 5.92 Å². The van der Waals surface area contributed by atoms with E-state index >= 15 is 0 Å². The third-order valence-corrected chi connectivity index (χ3v) is 3.78. The number of hydrogen-bond acceptors (Lipinski definition) is 2. The molecule has 0 aromatic heterocycles. The van der Waals surface area contributed by atoms with E-state index in [-0.39, 0.29) is 30.4 Å². The van der Waals surface area contributed by atoms with Crippen molar-refractivity contribution in [1.29, 1.82) is 0 Å². The van der Waals surface area contributed by atoms with Crippen LogP contribution < -0.4 is 10.6 Å². The minimum absolute atomic E-state index is 0.104. The second-order valence-corrected chi connectivity index (χ2v) is 5.36. The number of nitrogens with one attached hydrogen (secondary N) is 2. The molecule has 1 aliphatic rings. The standard InChI is InChI=1S/C15H20F2N2O/c1-10-9-18-8-7-13(10)19-14(20)6-5-11-3-2-4-12(16)15(11)17/h2-4,10,13,18H,5-9H2,1H3,(H,19,20). The summed E-state index contributed by atoms with van der Waals surface area (Å²) >= 11 is 0. The molecule has 20 heavy (non-hydrogen) atoms. The van der Waals surface area contributed by atoms with Gasteiger partial charge in [-0.1, -0.05) is 19.1 Å². The van der Waals surface area contributed by atoms with Gasteiger partial charge in [0.25, 0.3) is 0 Å². The zero-order valence-corrected chi connectivity index (χ0v) is 11.6. The zero-order chi connectivity index (χ0) is 14.5. The van der Waals surface area contributed by atoms with Crippen molar-refractivity contribution in [1.82, 2.24) is 10.6 Å². The first-order valence-corrected chi connectivity index (χ1v) is 7.01. The van der Waals surface area contributed by atoms with Crippen LogP contribution in [0.25, 0.3) is 0 Å². The number of piperidine rings is 1. The van der Waals surface area contributed by atoms with Gasteiger partial charge in [-0.15, -0.1) is 0 Å². The minimum Gasteiger partial charge on any atom is -0.353 e. The zero-order valence-electron chi connectivity index (χ0n) is 11.6. The Morgan fingerprint density at radius 3 is 3.00 bits per heavy atom. The Balaban J connectivity index is 1.84. The van der Waals surface area contributed by atoms with Gasteiger partial charge in [-0.3, -0.25) is 4.79 Å². The first kappa shape index (κ1) is 14.9. The fraction of sp³-hybridized carbons (Fsp3) is 0.533. The average Bonchev–Trinajstić information content (AvgIpc) is 2.43. The Labute approximate surface area is 117 Å². The molecule has 2 atom stereocenters. The van der Waals surface area contributed by atoms with Gasteiger partial charge in [0, 0.05) is 12.5 Å². The maximum atomic E-state index is 13.5. The summed E-state index contributed by atoms with van der Waals surface area (Å²) < 4.78 is 26.5. The summed E-state index contributed by atoms with van der Waals surface area (Å²) in [5.74, 6) is -1.43. The lowest BCUT2D eigenvalue weighted by atomic mass is 9.95. The largest absolute Gasteiger partial charge is 0.353 e. The highest BCUT2D eigenvalue weighted by Crippen LogP contribution is 2.14. The monoisotopic (exact) mass is 282 g/mol. The van der Waals surface area contributed by atoms with Crippen molar-refractivity contribution in [2.24, 2.45) is 5.92 Å².